The molecule has 0 aliphatic carbocycles. The molecule has 0 saturated carbocycles. The summed E-state index contributed by atoms with van der Waals surface area (Å²) >= 11 is 0. The summed E-state index contributed by atoms with van der Waals surface area (Å²) < 4.78 is 48.7. The number of alkyl halides is 3. The first kappa shape index (κ1) is 25.8. The molecule has 1 saturated heterocycles. The molecule has 188 valence electrons. The smallest absolute Gasteiger partial charge is 0.416 e. The number of halogens is 3. The van der Waals surface area contributed by atoms with Crippen LogP contribution >= 0.6 is 0 Å². The lowest BCUT2D eigenvalue weighted by Gasteiger charge is -2.32. The highest BCUT2D eigenvalue weighted by molar-refractivity contribution is 5.93. The quantitative estimate of drug-likeness (QED) is 0.346. The lowest BCUT2D eigenvalue weighted by Crippen LogP contribution is -2.38. The first-order chi connectivity index (χ1) is 16.5. The third kappa shape index (κ3) is 6.40. The van der Waals surface area contributed by atoms with Gasteiger partial charge >= 0.3 is 12.1 Å². The minimum absolute atomic E-state index is 0.0975. The fraction of sp³-hybridized carbons (Fsp3) is 0.391. The van der Waals surface area contributed by atoms with Gasteiger partial charge in [-0.25, -0.2) is 4.79 Å². The maximum Gasteiger partial charge on any atom is 0.416 e. The van der Waals surface area contributed by atoms with E-state index in [0.717, 1.165) is 17.7 Å². The van der Waals surface area contributed by atoms with Gasteiger partial charge in [0.25, 0.3) is 5.69 Å². The van der Waals surface area contributed by atoms with Crippen LogP contribution in [0.5, 0.6) is 5.75 Å². The summed E-state index contributed by atoms with van der Waals surface area (Å²) in [4.78, 5) is 36.1. The number of piperidine rings is 1. The molecule has 1 aliphatic heterocycles. The molecule has 0 bridgehead atoms. The normalized spacial score (nSPS) is 14.4. The molecular weight excluding hydrogens is 471 g/mol. The Kier molecular flexibility index (Phi) is 7.82. The van der Waals surface area contributed by atoms with Gasteiger partial charge < -0.3 is 19.7 Å². The average molecular weight is 495 g/mol. The van der Waals surface area contributed by atoms with E-state index >= 15 is 0 Å². The fourth-order valence-electron chi connectivity index (χ4n) is 3.80. The second kappa shape index (κ2) is 10.6. The molecule has 1 N–H and O–H groups in total. The summed E-state index contributed by atoms with van der Waals surface area (Å²) in [5, 5.41) is 14.2. The lowest BCUT2D eigenvalue weighted by molar-refractivity contribution is -0.384. The molecule has 2 aromatic rings. The second-order valence-corrected chi connectivity index (χ2v) is 8.05. The van der Waals surface area contributed by atoms with Crippen molar-refractivity contribution in [1.82, 2.24) is 0 Å². The van der Waals surface area contributed by atoms with Crippen LogP contribution < -0.4 is 15.0 Å². The highest BCUT2D eigenvalue weighted by Crippen LogP contribution is 2.38. The number of nitrogens with one attached hydrogen (secondary N) is 1. The Labute approximate surface area is 199 Å². The molecule has 2 aromatic carbocycles. The predicted molar refractivity (Wildman–Crippen MR) is 120 cm³/mol. The van der Waals surface area contributed by atoms with Crippen molar-refractivity contribution in [1.29, 1.82) is 0 Å². The highest BCUT2D eigenvalue weighted by Gasteiger charge is 2.35. The summed E-state index contributed by atoms with van der Waals surface area (Å²) in [5.41, 5.74) is -0.313. The minimum atomic E-state index is -4.68. The number of nitro benzene ring substituents is 1. The van der Waals surface area contributed by atoms with Gasteiger partial charge in [0, 0.05) is 30.8 Å². The molecule has 1 fully saturated rings. The van der Waals surface area contributed by atoms with Crippen molar-refractivity contribution in [2.75, 3.05) is 37.0 Å². The summed E-state index contributed by atoms with van der Waals surface area (Å²) in [6.45, 7) is 2.09. The zero-order valence-corrected chi connectivity index (χ0v) is 19.1. The molecule has 3 rings (SSSR count). The first-order valence-corrected chi connectivity index (χ1v) is 10.7. The Morgan fingerprint density at radius 3 is 2.43 bits per heavy atom. The van der Waals surface area contributed by atoms with Crippen LogP contribution in [0.2, 0.25) is 0 Å². The van der Waals surface area contributed by atoms with E-state index in [-0.39, 0.29) is 37.2 Å². The molecule has 0 spiro atoms. The van der Waals surface area contributed by atoms with Crippen molar-refractivity contribution in [3.8, 4) is 5.75 Å². The van der Waals surface area contributed by atoms with Crippen LogP contribution in [0.3, 0.4) is 0 Å². The van der Waals surface area contributed by atoms with E-state index in [2.05, 4.69) is 10.1 Å². The molecule has 0 atom stereocenters. The Morgan fingerprint density at radius 1 is 1.17 bits per heavy atom. The van der Waals surface area contributed by atoms with E-state index in [9.17, 15) is 32.9 Å². The zero-order chi connectivity index (χ0) is 25.8. The van der Waals surface area contributed by atoms with Crippen LogP contribution in [-0.2, 0) is 20.5 Å². The number of amides is 1. The molecule has 35 heavy (non-hydrogen) atoms. The second-order valence-electron chi connectivity index (χ2n) is 8.05. The molecule has 9 nitrogen and oxygen atoms in total. The number of aryl methyl sites for hydroxylation is 1. The van der Waals surface area contributed by atoms with Gasteiger partial charge in [-0.1, -0.05) is 0 Å². The molecular formula is C23H24F3N3O6. The maximum absolute atomic E-state index is 13.0. The van der Waals surface area contributed by atoms with Gasteiger partial charge in [-0.15, -0.1) is 0 Å². The number of esters is 1. The summed E-state index contributed by atoms with van der Waals surface area (Å²) in [5.74, 6) is -0.669. The van der Waals surface area contributed by atoms with Gasteiger partial charge in [-0.3, -0.25) is 14.9 Å². The Morgan fingerprint density at radius 2 is 1.86 bits per heavy atom. The van der Waals surface area contributed by atoms with E-state index < -0.39 is 28.3 Å². The van der Waals surface area contributed by atoms with Crippen LogP contribution in [0.25, 0.3) is 0 Å². The van der Waals surface area contributed by atoms with Crippen molar-refractivity contribution in [3.05, 3.63) is 57.6 Å². The number of hydrogen-bond acceptors (Lipinski definition) is 7. The molecule has 1 aliphatic rings. The van der Waals surface area contributed by atoms with Crippen LogP contribution in [0.1, 0.15) is 24.0 Å². The Balaban J connectivity index is 1.62. The lowest BCUT2D eigenvalue weighted by atomic mass is 9.95. The van der Waals surface area contributed by atoms with Gasteiger partial charge in [-0.05, 0) is 55.7 Å². The number of nitro groups is 1. The van der Waals surface area contributed by atoms with Crippen LogP contribution in [0.4, 0.5) is 30.2 Å². The number of anilines is 2. The third-order valence-electron chi connectivity index (χ3n) is 5.75. The first-order valence-electron chi connectivity index (χ1n) is 10.7. The van der Waals surface area contributed by atoms with E-state index in [1.54, 1.807) is 30.0 Å². The fourth-order valence-corrected chi connectivity index (χ4v) is 3.80. The van der Waals surface area contributed by atoms with Crippen molar-refractivity contribution < 1.29 is 37.2 Å². The monoisotopic (exact) mass is 495 g/mol. The topological polar surface area (TPSA) is 111 Å². The SMILES string of the molecule is COC(=O)COc1ccc(NC(=O)C2CCN(c3ccc(C(F)(F)F)cc3[N+](=O)[O-])CC2)c(C)c1. The van der Waals surface area contributed by atoms with Crippen molar-refractivity contribution in [2.45, 2.75) is 25.9 Å². The highest BCUT2D eigenvalue weighted by atomic mass is 19.4. The summed E-state index contributed by atoms with van der Waals surface area (Å²) in [7, 11) is 1.25. The van der Waals surface area contributed by atoms with Crippen molar-refractivity contribution in [3.63, 3.8) is 0 Å². The minimum Gasteiger partial charge on any atom is -0.482 e. The van der Waals surface area contributed by atoms with Gasteiger partial charge in [0.15, 0.2) is 6.61 Å². The summed E-state index contributed by atoms with van der Waals surface area (Å²) in [6.07, 6.45) is -3.93. The molecule has 12 heteroatoms. The standard InChI is InChI=1S/C23H24F3N3O6/c1-14-11-17(35-13-21(30)34-2)4-5-18(14)27-22(31)15-7-9-28(10-8-15)19-6-3-16(23(24,25)26)12-20(19)29(32)33/h3-6,11-12,15H,7-10,13H2,1-2H3,(H,27,31). The molecule has 0 aromatic heterocycles. The van der Waals surface area contributed by atoms with E-state index in [1.807, 2.05) is 0 Å². The van der Waals surface area contributed by atoms with E-state index in [1.165, 1.54) is 7.11 Å². The molecule has 0 radical (unpaired) electrons. The van der Waals surface area contributed by atoms with Crippen LogP contribution in [-0.4, -0.2) is 43.6 Å². The molecule has 1 heterocycles. The van der Waals surface area contributed by atoms with Crippen LogP contribution in [0.15, 0.2) is 36.4 Å². The number of methoxy groups -OCH3 is 1. The van der Waals surface area contributed by atoms with Crippen LogP contribution in [0, 0.1) is 23.0 Å². The summed E-state index contributed by atoms with van der Waals surface area (Å²) in [6, 6.07) is 7.40. The molecule has 1 amide bonds. The average Bonchev–Trinajstić information content (AvgIpc) is 2.83. The van der Waals surface area contributed by atoms with Gasteiger partial charge in [0.1, 0.15) is 11.4 Å². The Bertz CT molecular complexity index is 1110. The molecule has 0 unspecified atom stereocenters. The predicted octanol–water partition coefficient (Wildman–Crippen LogP) is 4.33. The van der Waals surface area contributed by atoms with Crippen molar-refractivity contribution >= 4 is 28.9 Å². The van der Waals surface area contributed by atoms with Gasteiger partial charge in [-0.2, -0.15) is 13.2 Å². The van der Waals surface area contributed by atoms with E-state index in [4.69, 9.17) is 4.74 Å². The number of rotatable bonds is 7. The van der Waals surface area contributed by atoms with E-state index in [0.29, 0.717) is 30.3 Å². The number of carbonyl (C=O) groups is 2. The number of hydrogen-bond donors (Lipinski definition) is 1. The zero-order valence-electron chi connectivity index (χ0n) is 19.1. The largest absolute Gasteiger partial charge is 0.482 e. The number of nitrogens with zero attached hydrogens (tertiary/aromatic N) is 2. The number of benzene rings is 2. The maximum atomic E-state index is 13.0. The Hall–Kier alpha value is -3.83. The van der Waals surface area contributed by atoms with Gasteiger partial charge in [0.05, 0.1) is 17.6 Å². The van der Waals surface area contributed by atoms with Crippen molar-refractivity contribution in [2.24, 2.45) is 5.92 Å². The number of ether oxygens (including phenoxy) is 2. The number of carbonyl (C=O) groups excluding carboxylic acids is 2. The van der Waals surface area contributed by atoms with Gasteiger partial charge in [0.2, 0.25) is 5.91 Å². The third-order valence-corrected chi connectivity index (χ3v) is 5.75.